The third-order valence-corrected chi connectivity index (χ3v) is 7.16. The van der Waals surface area contributed by atoms with Crippen LogP contribution in [0.25, 0.3) is 10.2 Å². The number of fused-ring (bicyclic) bond motifs is 1. The largest absolute Gasteiger partial charge is 0.355 e. The highest BCUT2D eigenvalue weighted by atomic mass is 32.2. The summed E-state index contributed by atoms with van der Waals surface area (Å²) in [6, 6.07) is 6.35. The molecular formula is C23H29N3O2S2. The number of hydrogen-bond donors (Lipinski definition) is 1. The minimum Gasteiger partial charge on any atom is -0.355 e. The van der Waals surface area contributed by atoms with Gasteiger partial charge in [-0.1, -0.05) is 44.7 Å². The third kappa shape index (κ3) is 4.95. The van der Waals surface area contributed by atoms with Crippen LogP contribution in [0.3, 0.4) is 0 Å². The van der Waals surface area contributed by atoms with E-state index in [4.69, 9.17) is 0 Å². The Bertz CT molecular complexity index is 1120. The van der Waals surface area contributed by atoms with E-state index in [2.05, 4.69) is 57.1 Å². The minimum absolute atomic E-state index is 0.0544. The number of thioether (sulfide) groups is 1. The predicted octanol–water partition coefficient (Wildman–Crippen LogP) is 4.36. The van der Waals surface area contributed by atoms with E-state index in [1.165, 1.54) is 49.9 Å². The van der Waals surface area contributed by atoms with Crippen LogP contribution in [0.5, 0.6) is 0 Å². The van der Waals surface area contributed by atoms with Crippen molar-refractivity contribution in [1.29, 1.82) is 0 Å². The van der Waals surface area contributed by atoms with Crippen molar-refractivity contribution in [1.82, 2.24) is 14.9 Å². The summed E-state index contributed by atoms with van der Waals surface area (Å²) < 4.78 is 2.16. The number of aryl methyl sites for hydroxylation is 2. The first-order valence-electron chi connectivity index (χ1n) is 10.0. The number of nitrogens with one attached hydrogen (secondary N) is 1. The molecule has 1 aromatic carbocycles. The number of amides is 1. The van der Waals surface area contributed by atoms with Gasteiger partial charge in [0.1, 0.15) is 4.70 Å². The molecule has 1 amide bonds. The summed E-state index contributed by atoms with van der Waals surface area (Å²) in [6.45, 7) is 11.5. The van der Waals surface area contributed by atoms with Crippen LogP contribution in [0, 0.1) is 13.8 Å². The van der Waals surface area contributed by atoms with Gasteiger partial charge in [0.15, 0.2) is 5.16 Å². The van der Waals surface area contributed by atoms with Crippen molar-refractivity contribution in [2.45, 2.75) is 51.6 Å². The Hall–Kier alpha value is -2.12. The van der Waals surface area contributed by atoms with Crippen LogP contribution in [-0.4, -0.2) is 27.8 Å². The third-order valence-electron chi connectivity index (χ3n) is 5.24. The monoisotopic (exact) mass is 443 g/mol. The number of carbonyl (C=O) groups is 1. The molecule has 0 radical (unpaired) electrons. The van der Waals surface area contributed by atoms with E-state index in [9.17, 15) is 9.59 Å². The molecule has 0 spiro atoms. The van der Waals surface area contributed by atoms with E-state index in [0.717, 1.165) is 6.42 Å². The van der Waals surface area contributed by atoms with Crippen LogP contribution in [0.4, 0.5) is 0 Å². The van der Waals surface area contributed by atoms with E-state index >= 15 is 0 Å². The quantitative estimate of drug-likeness (QED) is 0.454. The second kappa shape index (κ2) is 8.94. The van der Waals surface area contributed by atoms with Crippen LogP contribution in [-0.2, 0) is 23.7 Å². The lowest BCUT2D eigenvalue weighted by Crippen LogP contribution is -2.28. The van der Waals surface area contributed by atoms with Gasteiger partial charge in [0.2, 0.25) is 5.91 Å². The van der Waals surface area contributed by atoms with Crippen molar-refractivity contribution in [3.8, 4) is 0 Å². The normalized spacial score (nSPS) is 11.8. The molecule has 0 fully saturated rings. The zero-order valence-corrected chi connectivity index (χ0v) is 20.1. The molecule has 3 aromatic rings. The Balaban J connectivity index is 1.57. The molecule has 5 nitrogen and oxygen atoms in total. The van der Waals surface area contributed by atoms with E-state index in [-0.39, 0.29) is 22.6 Å². The number of aromatic nitrogens is 2. The van der Waals surface area contributed by atoms with Crippen molar-refractivity contribution in [3.63, 3.8) is 0 Å². The average molecular weight is 444 g/mol. The number of hydrogen-bond acceptors (Lipinski definition) is 5. The van der Waals surface area contributed by atoms with Gasteiger partial charge in [0.05, 0.1) is 11.3 Å². The fourth-order valence-electron chi connectivity index (χ4n) is 3.43. The number of thiophene rings is 1. The number of rotatable bonds is 6. The van der Waals surface area contributed by atoms with Crippen molar-refractivity contribution in [2.24, 2.45) is 7.05 Å². The molecule has 30 heavy (non-hydrogen) atoms. The van der Waals surface area contributed by atoms with Gasteiger partial charge in [-0.2, -0.15) is 0 Å². The molecule has 0 unspecified atom stereocenters. The van der Waals surface area contributed by atoms with Crippen LogP contribution >= 0.6 is 23.1 Å². The smallest absolute Gasteiger partial charge is 0.271 e. The summed E-state index contributed by atoms with van der Waals surface area (Å²) in [5, 5.41) is 5.41. The van der Waals surface area contributed by atoms with Gasteiger partial charge in [-0.25, -0.2) is 4.98 Å². The molecule has 2 aromatic heterocycles. The van der Waals surface area contributed by atoms with Crippen molar-refractivity contribution in [2.75, 3.05) is 12.3 Å². The van der Waals surface area contributed by atoms with Gasteiger partial charge in [0, 0.05) is 13.6 Å². The molecule has 2 heterocycles. The molecule has 0 atom stereocenters. The molecular weight excluding hydrogens is 414 g/mol. The topological polar surface area (TPSA) is 64.0 Å². The molecule has 0 bridgehead atoms. The van der Waals surface area contributed by atoms with Gasteiger partial charge in [-0.3, -0.25) is 14.2 Å². The number of carbonyl (C=O) groups excluding carboxylic acids is 1. The number of nitrogens with zero attached hydrogens (tertiary/aromatic N) is 2. The molecule has 0 saturated carbocycles. The molecule has 0 saturated heterocycles. The van der Waals surface area contributed by atoms with Gasteiger partial charge >= 0.3 is 0 Å². The predicted molar refractivity (Wildman–Crippen MR) is 127 cm³/mol. The maximum Gasteiger partial charge on any atom is 0.271 e. The number of benzene rings is 1. The Kier molecular flexibility index (Phi) is 6.72. The SMILES string of the molecule is Cc1cc(C(C)(C)C)cc(C)c1CCNC(=O)CSc1nc2ccsc2c(=O)n1C. The first-order chi connectivity index (χ1) is 14.1. The highest BCUT2D eigenvalue weighted by Gasteiger charge is 2.16. The fourth-order valence-corrected chi connectivity index (χ4v) is 5.03. The van der Waals surface area contributed by atoms with Crippen LogP contribution in [0.1, 0.15) is 43.0 Å². The van der Waals surface area contributed by atoms with Crippen LogP contribution in [0.2, 0.25) is 0 Å². The average Bonchev–Trinajstić information content (AvgIpc) is 3.13. The summed E-state index contributed by atoms with van der Waals surface area (Å²) in [4.78, 5) is 29.2. The highest BCUT2D eigenvalue weighted by Crippen LogP contribution is 2.27. The minimum atomic E-state index is -0.0671. The van der Waals surface area contributed by atoms with Crippen molar-refractivity contribution >= 4 is 39.2 Å². The van der Waals surface area contributed by atoms with Gasteiger partial charge < -0.3 is 5.32 Å². The second-order valence-electron chi connectivity index (χ2n) is 8.62. The molecule has 3 rings (SSSR count). The van der Waals surface area contributed by atoms with Gasteiger partial charge in [0.25, 0.3) is 5.56 Å². The molecule has 0 aliphatic rings. The summed E-state index contributed by atoms with van der Waals surface area (Å²) in [6.07, 6.45) is 0.802. The zero-order valence-electron chi connectivity index (χ0n) is 18.5. The van der Waals surface area contributed by atoms with E-state index < -0.39 is 0 Å². The fraction of sp³-hybridized carbons (Fsp3) is 0.435. The lowest BCUT2D eigenvalue weighted by molar-refractivity contribution is -0.118. The van der Waals surface area contributed by atoms with Gasteiger partial charge in [-0.15, -0.1) is 11.3 Å². The first-order valence-corrected chi connectivity index (χ1v) is 11.9. The Morgan fingerprint density at radius 1 is 1.23 bits per heavy atom. The van der Waals surface area contributed by atoms with Gasteiger partial charge in [-0.05, 0) is 59.4 Å². The van der Waals surface area contributed by atoms with E-state index in [1.807, 2.05) is 11.4 Å². The lowest BCUT2D eigenvalue weighted by Gasteiger charge is -2.22. The summed E-state index contributed by atoms with van der Waals surface area (Å²) in [5.41, 5.74) is 5.92. The molecule has 0 aliphatic heterocycles. The second-order valence-corrected chi connectivity index (χ2v) is 10.5. The molecule has 0 aliphatic carbocycles. The summed E-state index contributed by atoms with van der Waals surface area (Å²) in [7, 11) is 1.70. The standard InChI is InChI=1S/C23H29N3O2S2/c1-14-11-16(23(3,4)5)12-15(2)17(14)7-9-24-19(27)13-30-22-25-18-8-10-29-20(18)21(28)26(22)6/h8,10-12H,7,9,13H2,1-6H3,(H,24,27). The Labute approximate surface area is 185 Å². The maximum absolute atomic E-state index is 12.4. The summed E-state index contributed by atoms with van der Waals surface area (Å²) >= 11 is 2.68. The highest BCUT2D eigenvalue weighted by molar-refractivity contribution is 7.99. The summed E-state index contributed by atoms with van der Waals surface area (Å²) in [5.74, 6) is 0.179. The lowest BCUT2D eigenvalue weighted by atomic mass is 9.83. The van der Waals surface area contributed by atoms with Crippen molar-refractivity contribution in [3.05, 3.63) is 56.2 Å². The van der Waals surface area contributed by atoms with Crippen molar-refractivity contribution < 1.29 is 4.79 Å². The zero-order chi connectivity index (χ0) is 22.1. The van der Waals surface area contributed by atoms with Crippen LogP contribution in [0.15, 0.2) is 33.5 Å². The first kappa shape index (κ1) is 22.6. The molecule has 1 N–H and O–H groups in total. The molecule has 160 valence electrons. The molecule has 7 heteroatoms. The van der Waals surface area contributed by atoms with E-state index in [1.54, 1.807) is 7.05 Å². The van der Waals surface area contributed by atoms with E-state index in [0.29, 0.717) is 21.9 Å². The Morgan fingerprint density at radius 3 is 2.53 bits per heavy atom. The van der Waals surface area contributed by atoms with Crippen LogP contribution < -0.4 is 10.9 Å². The Morgan fingerprint density at radius 2 is 1.90 bits per heavy atom. The maximum atomic E-state index is 12.4.